The molecule has 0 fully saturated rings. The average molecular weight is 240 g/mol. The molecular formula is C10H10BrNO. The van der Waals surface area contributed by atoms with E-state index in [1.807, 2.05) is 29.9 Å². The molecular weight excluding hydrogens is 230 g/mol. The van der Waals surface area contributed by atoms with Gasteiger partial charge in [0.15, 0.2) is 0 Å². The van der Waals surface area contributed by atoms with Crippen LogP contribution in [0.15, 0.2) is 28.9 Å². The highest BCUT2D eigenvalue weighted by Crippen LogP contribution is 2.24. The monoisotopic (exact) mass is 239 g/mol. The van der Waals surface area contributed by atoms with Crippen molar-refractivity contribution in [1.29, 1.82) is 0 Å². The second-order valence-corrected chi connectivity index (χ2v) is 4.00. The zero-order chi connectivity index (χ0) is 9.42. The summed E-state index contributed by atoms with van der Waals surface area (Å²) in [6.45, 7) is 0.0833. The molecule has 0 unspecified atom stereocenters. The summed E-state index contributed by atoms with van der Waals surface area (Å²) in [5, 5.41) is 10.3. The predicted octanol–water partition coefficient (Wildman–Crippen LogP) is 2.43. The lowest BCUT2D eigenvalue weighted by molar-refractivity contribution is 0.283. The Kier molecular flexibility index (Phi) is 2.14. The van der Waals surface area contributed by atoms with E-state index in [-0.39, 0.29) is 6.61 Å². The third-order valence-electron chi connectivity index (χ3n) is 2.22. The Morgan fingerprint density at radius 3 is 2.92 bits per heavy atom. The minimum absolute atomic E-state index is 0.0833. The van der Waals surface area contributed by atoms with Gasteiger partial charge in [-0.2, -0.15) is 0 Å². The third kappa shape index (κ3) is 1.38. The van der Waals surface area contributed by atoms with Crippen LogP contribution in [0.5, 0.6) is 0 Å². The van der Waals surface area contributed by atoms with Gasteiger partial charge < -0.3 is 9.67 Å². The summed E-state index contributed by atoms with van der Waals surface area (Å²) in [5.41, 5.74) is 2.10. The van der Waals surface area contributed by atoms with Crippen molar-refractivity contribution in [2.45, 2.75) is 6.61 Å². The lowest BCUT2D eigenvalue weighted by atomic mass is 10.1. The quantitative estimate of drug-likeness (QED) is 0.813. The standard InChI is InChI=1S/C10H10BrNO/c1-12-3-2-9-7(6-13)4-8(11)5-10(9)12/h2-5,13H,6H2,1H3. The van der Waals surface area contributed by atoms with Gasteiger partial charge in [-0.25, -0.2) is 0 Å². The van der Waals surface area contributed by atoms with Crippen LogP contribution in [0.1, 0.15) is 5.56 Å². The molecule has 1 N–H and O–H groups in total. The Morgan fingerprint density at radius 2 is 2.23 bits per heavy atom. The van der Waals surface area contributed by atoms with E-state index in [4.69, 9.17) is 5.11 Å². The molecule has 0 bridgehead atoms. The highest BCUT2D eigenvalue weighted by atomic mass is 79.9. The molecule has 2 aromatic rings. The predicted molar refractivity (Wildman–Crippen MR) is 56.5 cm³/mol. The summed E-state index contributed by atoms with van der Waals surface area (Å²) >= 11 is 3.42. The van der Waals surface area contributed by atoms with Crippen LogP contribution in [-0.4, -0.2) is 9.67 Å². The van der Waals surface area contributed by atoms with Crippen molar-refractivity contribution in [1.82, 2.24) is 4.57 Å². The molecule has 0 atom stereocenters. The molecule has 0 aliphatic heterocycles. The zero-order valence-corrected chi connectivity index (χ0v) is 8.87. The van der Waals surface area contributed by atoms with E-state index >= 15 is 0 Å². The van der Waals surface area contributed by atoms with Crippen molar-refractivity contribution in [3.8, 4) is 0 Å². The van der Waals surface area contributed by atoms with Gasteiger partial charge in [0.2, 0.25) is 0 Å². The molecule has 0 spiro atoms. The third-order valence-corrected chi connectivity index (χ3v) is 2.68. The van der Waals surface area contributed by atoms with Crippen LogP contribution >= 0.6 is 15.9 Å². The second-order valence-electron chi connectivity index (χ2n) is 3.08. The molecule has 3 heteroatoms. The lowest BCUT2D eigenvalue weighted by Crippen LogP contribution is -1.88. The molecule has 1 aromatic carbocycles. The summed E-state index contributed by atoms with van der Waals surface area (Å²) in [7, 11) is 2.00. The number of aryl methyl sites for hydroxylation is 1. The van der Waals surface area contributed by atoms with Crippen LogP contribution in [-0.2, 0) is 13.7 Å². The SMILES string of the molecule is Cn1ccc2c(CO)cc(Br)cc21. The van der Waals surface area contributed by atoms with Crippen molar-refractivity contribution in [3.05, 3.63) is 34.4 Å². The maximum absolute atomic E-state index is 9.14. The van der Waals surface area contributed by atoms with E-state index in [1.165, 1.54) is 0 Å². The minimum Gasteiger partial charge on any atom is -0.392 e. The van der Waals surface area contributed by atoms with E-state index < -0.39 is 0 Å². The summed E-state index contributed by atoms with van der Waals surface area (Å²) < 4.78 is 3.05. The molecule has 1 aromatic heterocycles. The van der Waals surface area contributed by atoms with Gasteiger partial charge in [-0.15, -0.1) is 0 Å². The van der Waals surface area contributed by atoms with Gasteiger partial charge >= 0.3 is 0 Å². The smallest absolute Gasteiger partial charge is 0.0688 e. The minimum atomic E-state index is 0.0833. The highest BCUT2D eigenvalue weighted by Gasteiger charge is 2.04. The van der Waals surface area contributed by atoms with Crippen LogP contribution < -0.4 is 0 Å². The number of aromatic nitrogens is 1. The largest absolute Gasteiger partial charge is 0.392 e. The number of rotatable bonds is 1. The number of halogens is 1. The van der Waals surface area contributed by atoms with Crippen molar-refractivity contribution in [2.24, 2.45) is 7.05 Å². The summed E-state index contributed by atoms with van der Waals surface area (Å²) in [4.78, 5) is 0. The Balaban J connectivity index is 2.84. The fourth-order valence-corrected chi connectivity index (χ4v) is 2.03. The molecule has 2 nitrogen and oxygen atoms in total. The maximum atomic E-state index is 9.14. The molecule has 0 aliphatic carbocycles. The average Bonchev–Trinajstić information content (AvgIpc) is 2.47. The molecule has 1 heterocycles. The van der Waals surface area contributed by atoms with Gasteiger partial charge in [0.25, 0.3) is 0 Å². The van der Waals surface area contributed by atoms with Crippen LogP contribution in [0.25, 0.3) is 10.9 Å². The Labute approximate surface area is 84.9 Å². The van der Waals surface area contributed by atoms with E-state index in [9.17, 15) is 0 Å². The summed E-state index contributed by atoms with van der Waals surface area (Å²) in [5.74, 6) is 0. The summed E-state index contributed by atoms with van der Waals surface area (Å²) in [6.07, 6.45) is 2.00. The first-order valence-electron chi connectivity index (χ1n) is 4.06. The van der Waals surface area contributed by atoms with Gasteiger partial charge in [0.05, 0.1) is 6.61 Å². The number of hydrogen-bond acceptors (Lipinski definition) is 1. The number of hydrogen-bond donors (Lipinski definition) is 1. The van der Waals surface area contributed by atoms with E-state index in [2.05, 4.69) is 22.0 Å². The first-order chi connectivity index (χ1) is 6.22. The van der Waals surface area contributed by atoms with Crippen LogP contribution in [0.3, 0.4) is 0 Å². The molecule has 0 saturated carbocycles. The van der Waals surface area contributed by atoms with E-state index in [0.717, 1.165) is 20.9 Å². The van der Waals surface area contributed by atoms with Crippen LogP contribution in [0.2, 0.25) is 0 Å². The molecule has 2 rings (SSSR count). The van der Waals surface area contributed by atoms with Gasteiger partial charge in [-0.3, -0.25) is 0 Å². The topological polar surface area (TPSA) is 25.2 Å². The van der Waals surface area contributed by atoms with Crippen molar-refractivity contribution in [3.63, 3.8) is 0 Å². The normalized spacial score (nSPS) is 11.0. The maximum Gasteiger partial charge on any atom is 0.0688 e. The van der Waals surface area contributed by atoms with Gasteiger partial charge in [-0.1, -0.05) is 15.9 Å². The summed E-state index contributed by atoms with van der Waals surface area (Å²) in [6, 6.07) is 6.02. The molecule has 0 aliphatic rings. The van der Waals surface area contributed by atoms with E-state index in [0.29, 0.717) is 0 Å². The first kappa shape index (κ1) is 8.78. The number of nitrogens with zero attached hydrogens (tertiary/aromatic N) is 1. The molecule has 68 valence electrons. The molecule has 0 saturated heterocycles. The fraction of sp³-hybridized carbons (Fsp3) is 0.200. The number of fused-ring (bicyclic) bond motifs is 1. The van der Waals surface area contributed by atoms with Crippen molar-refractivity contribution >= 4 is 26.8 Å². The lowest BCUT2D eigenvalue weighted by Gasteiger charge is -2.02. The zero-order valence-electron chi connectivity index (χ0n) is 7.29. The number of aliphatic hydroxyl groups is 1. The van der Waals surface area contributed by atoms with Gasteiger partial charge in [0.1, 0.15) is 0 Å². The molecule has 0 amide bonds. The van der Waals surface area contributed by atoms with Crippen molar-refractivity contribution in [2.75, 3.05) is 0 Å². The van der Waals surface area contributed by atoms with Gasteiger partial charge in [0, 0.05) is 28.6 Å². The number of aliphatic hydroxyl groups excluding tert-OH is 1. The van der Waals surface area contributed by atoms with E-state index in [1.54, 1.807) is 0 Å². The fourth-order valence-electron chi connectivity index (χ4n) is 1.54. The highest BCUT2D eigenvalue weighted by molar-refractivity contribution is 9.10. The Morgan fingerprint density at radius 1 is 1.46 bits per heavy atom. The van der Waals surface area contributed by atoms with Crippen molar-refractivity contribution < 1.29 is 5.11 Å². The molecule has 0 radical (unpaired) electrons. The van der Waals surface area contributed by atoms with Crippen LogP contribution in [0, 0.1) is 0 Å². The van der Waals surface area contributed by atoms with Gasteiger partial charge in [-0.05, 0) is 23.8 Å². The second kappa shape index (κ2) is 3.16. The first-order valence-corrected chi connectivity index (χ1v) is 4.86. The van der Waals surface area contributed by atoms with Crippen LogP contribution in [0.4, 0.5) is 0 Å². The molecule has 13 heavy (non-hydrogen) atoms. The number of benzene rings is 1. The Hall–Kier alpha value is -0.800. The Bertz CT molecular complexity index is 447.